The lowest BCUT2D eigenvalue weighted by Crippen LogP contribution is -2.50. The number of carbonyl (C=O) groups is 1. The van der Waals surface area contributed by atoms with Gasteiger partial charge in [-0.25, -0.2) is 0 Å². The van der Waals surface area contributed by atoms with Crippen molar-refractivity contribution in [1.29, 1.82) is 0 Å². The van der Waals surface area contributed by atoms with Gasteiger partial charge >= 0.3 is 0 Å². The molecular formula is C18H24N4O. The van der Waals surface area contributed by atoms with E-state index in [4.69, 9.17) is 0 Å². The third-order valence-corrected chi connectivity index (χ3v) is 5.65. The van der Waals surface area contributed by atoms with Crippen molar-refractivity contribution in [2.75, 3.05) is 13.1 Å². The summed E-state index contributed by atoms with van der Waals surface area (Å²) in [5, 5.41) is 14.9. The zero-order valence-electron chi connectivity index (χ0n) is 13.4. The van der Waals surface area contributed by atoms with Crippen LogP contribution in [-0.4, -0.2) is 35.2 Å². The summed E-state index contributed by atoms with van der Waals surface area (Å²) in [6, 6.07) is 6.70. The van der Waals surface area contributed by atoms with Gasteiger partial charge < -0.3 is 10.6 Å². The highest BCUT2D eigenvalue weighted by Crippen LogP contribution is 2.42. The number of aromatic amines is 1. The van der Waals surface area contributed by atoms with Gasteiger partial charge in [0.1, 0.15) is 0 Å². The molecule has 2 fully saturated rings. The van der Waals surface area contributed by atoms with Crippen molar-refractivity contribution in [2.45, 2.75) is 44.6 Å². The van der Waals surface area contributed by atoms with Crippen molar-refractivity contribution in [3.05, 3.63) is 30.0 Å². The van der Waals surface area contributed by atoms with E-state index in [0.29, 0.717) is 12.6 Å². The molecule has 1 amide bonds. The minimum absolute atomic E-state index is 0.147. The molecular weight excluding hydrogens is 288 g/mol. The topological polar surface area (TPSA) is 69.8 Å². The Balaban J connectivity index is 1.37. The third kappa shape index (κ3) is 2.63. The summed E-state index contributed by atoms with van der Waals surface area (Å²) in [4.78, 5) is 12.8. The first-order valence-electron chi connectivity index (χ1n) is 8.72. The number of hydrogen-bond acceptors (Lipinski definition) is 3. The van der Waals surface area contributed by atoms with Gasteiger partial charge in [0.15, 0.2) is 0 Å². The Labute approximate surface area is 136 Å². The maximum absolute atomic E-state index is 12.8. The largest absolute Gasteiger partial charge is 0.355 e. The third-order valence-electron chi connectivity index (χ3n) is 5.65. The highest BCUT2D eigenvalue weighted by Gasteiger charge is 2.49. The van der Waals surface area contributed by atoms with E-state index >= 15 is 0 Å². The van der Waals surface area contributed by atoms with Crippen LogP contribution in [0.2, 0.25) is 0 Å². The highest BCUT2D eigenvalue weighted by atomic mass is 16.2. The molecule has 4 rings (SSSR count). The van der Waals surface area contributed by atoms with E-state index in [1.165, 1.54) is 18.4 Å². The average molecular weight is 312 g/mol. The fourth-order valence-electron chi connectivity index (χ4n) is 4.33. The Hall–Kier alpha value is -1.88. The van der Waals surface area contributed by atoms with Crippen molar-refractivity contribution < 1.29 is 4.79 Å². The van der Waals surface area contributed by atoms with Gasteiger partial charge in [-0.05, 0) is 43.9 Å². The second-order valence-electron chi connectivity index (χ2n) is 6.96. The fraction of sp³-hybridized carbons (Fsp3) is 0.556. The number of H-pyrrole nitrogens is 1. The molecule has 1 aliphatic carbocycles. The molecule has 0 unspecified atom stereocenters. The molecule has 1 saturated carbocycles. The van der Waals surface area contributed by atoms with E-state index in [9.17, 15) is 4.79 Å². The van der Waals surface area contributed by atoms with E-state index in [2.05, 4.69) is 39.0 Å². The summed E-state index contributed by atoms with van der Waals surface area (Å²) >= 11 is 0. The number of nitrogens with one attached hydrogen (secondary N) is 3. The predicted octanol–water partition coefficient (Wildman–Crippen LogP) is 2.14. The van der Waals surface area contributed by atoms with E-state index in [1.54, 1.807) is 0 Å². The SMILES string of the molecule is O=C(NCCc1ccc2cn[nH]c2c1)[C@@]12CCCC[C@@H]1NCC2. The zero-order valence-corrected chi connectivity index (χ0v) is 13.4. The van der Waals surface area contributed by atoms with Gasteiger partial charge in [0.05, 0.1) is 17.1 Å². The molecule has 1 aromatic heterocycles. The molecule has 5 nitrogen and oxygen atoms in total. The fourth-order valence-corrected chi connectivity index (χ4v) is 4.33. The first kappa shape index (κ1) is 14.7. The number of hydrogen-bond donors (Lipinski definition) is 3. The molecule has 0 spiro atoms. The second-order valence-corrected chi connectivity index (χ2v) is 6.96. The van der Waals surface area contributed by atoms with Crippen LogP contribution in [0.15, 0.2) is 24.4 Å². The molecule has 2 atom stereocenters. The van der Waals surface area contributed by atoms with Crippen LogP contribution < -0.4 is 10.6 Å². The summed E-state index contributed by atoms with van der Waals surface area (Å²) in [6.45, 7) is 1.68. The van der Waals surface area contributed by atoms with Crippen LogP contribution in [0, 0.1) is 5.41 Å². The van der Waals surface area contributed by atoms with Crippen molar-refractivity contribution in [3.8, 4) is 0 Å². The lowest BCUT2D eigenvalue weighted by atomic mass is 9.70. The van der Waals surface area contributed by atoms with Gasteiger partial charge in [-0.1, -0.05) is 25.0 Å². The van der Waals surface area contributed by atoms with Crippen LogP contribution in [0.3, 0.4) is 0 Å². The minimum Gasteiger partial charge on any atom is -0.355 e. The molecule has 2 heterocycles. The van der Waals surface area contributed by atoms with Crippen molar-refractivity contribution in [1.82, 2.24) is 20.8 Å². The number of fused-ring (bicyclic) bond motifs is 2. The summed E-state index contributed by atoms with van der Waals surface area (Å²) in [7, 11) is 0. The van der Waals surface area contributed by atoms with E-state index < -0.39 is 0 Å². The lowest BCUT2D eigenvalue weighted by Gasteiger charge is -2.37. The first-order valence-corrected chi connectivity index (χ1v) is 8.72. The van der Waals surface area contributed by atoms with E-state index in [1.807, 2.05) is 6.20 Å². The average Bonchev–Trinajstić information content (AvgIpc) is 3.21. The number of aromatic nitrogens is 2. The monoisotopic (exact) mass is 312 g/mol. The first-order chi connectivity index (χ1) is 11.3. The van der Waals surface area contributed by atoms with Crippen LogP contribution in [0.4, 0.5) is 0 Å². The molecule has 3 N–H and O–H groups in total. The molecule has 2 aromatic rings. The minimum atomic E-state index is -0.147. The highest BCUT2D eigenvalue weighted by molar-refractivity contribution is 5.84. The molecule has 0 bridgehead atoms. The number of nitrogens with zero attached hydrogens (tertiary/aromatic N) is 1. The van der Waals surface area contributed by atoms with Crippen molar-refractivity contribution >= 4 is 16.8 Å². The summed E-state index contributed by atoms with van der Waals surface area (Å²) in [5.74, 6) is 0.259. The van der Waals surface area contributed by atoms with E-state index in [0.717, 1.165) is 43.1 Å². The Bertz CT molecular complexity index is 710. The number of rotatable bonds is 4. The quantitative estimate of drug-likeness (QED) is 0.810. The maximum Gasteiger partial charge on any atom is 0.227 e. The van der Waals surface area contributed by atoms with Crippen molar-refractivity contribution in [2.24, 2.45) is 5.41 Å². The Morgan fingerprint density at radius 1 is 1.35 bits per heavy atom. The summed E-state index contributed by atoms with van der Waals surface area (Å²) in [6.07, 6.45) is 8.29. The summed E-state index contributed by atoms with van der Waals surface area (Å²) < 4.78 is 0. The zero-order chi connectivity index (χ0) is 15.7. The van der Waals surface area contributed by atoms with Gasteiger partial charge in [0.25, 0.3) is 0 Å². The smallest absolute Gasteiger partial charge is 0.227 e. The number of amides is 1. The lowest BCUT2D eigenvalue weighted by molar-refractivity contribution is -0.133. The second kappa shape index (κ2) is 5.96. The molecule has 1 saturated heterocycles. The predicted molar refractivity (Wildman–Crippen MR) is 90.1 cm³/mol. The number of benzene rings is 1. The van der Waals surface area contributed by atoms with Crippen LogP contribution >= 0.6 is 0 Å². The molecule has 1 aromatic carbocycles. The van der Waals surface area contributed by atoms with Gasteiger partial charge in [-0.2, -0.15) is 5.10 Å². The molecule has 0 radical (unpaired) electrons. The molecule has 122 valence electrons. The standard InChI is InChI=1S/C18H24N4O/c23-17(18-7-2-1-3-16(18)19-10-8-18)20-9-6-13-4-5-14-12-21-22-15(14)11-13/h4-5,11-12,16,19H,1-3,6-10H2,(H,20,23)(H,21,22)/t16-,18+/m0/s1. The molecule has 1 aliphatic heterocycles. The Morgan fingerprint density at radius 3 is 3.26 bits per heavy atom. The van der Waals surface area contributed by atoms with Crippen LogP contribution in [0.1, 0.15) is 37.7 Å². The van der Waals surface area contributed by atoms with Gasteiger partial charge in [0, 0.05) is 18.0 Å². The normalized spacial score (nSPS) is 27.0. The van der Waals surface area contributed by atoms with Crippen LogP contribution in [-0.2, 0) is 11.2 Å². The van der Waals surface area contributed by atoms with E-state index in [-0.39, 0.29) is 11.3 Å². The summed E-state index contributed by atoms with van der Waals surface area (Å²) in [5.41, 5.74) is 2.13. The van der Waals surface area contributed by atoms with Crippen LogP contribution in [0.25, 0.3) is 10.9 Å². The van der Waals surface area contributed by atoms with Gasteiger partial charge in [-0.3, -0.25) is 9.89 Å². The van der Waals surface area contributed by atoms with Crippen LogP contribution in [0.5, 0.6) is 0 Å². The van der Waals surface area contributed by atoms with Crippen molar-refractivity contribution in [3.63, 3.8) is 0 Å². The molecule has 5 heteroatoms. The van der Waals surface area contributed by atoms with Gasteiger partial charge in [0.2, 0.25) is 5.91 Å². The Kier molecular flexibility index (Phi) is 3.81. The van der Waals surface area contributed by atoms with Gasteiger partial charge in [-0.15, -0.1) is 0 Å². The molecule has 23 heavy (non-hydrogen) atoms. The maximum atomic E-state index is 12.8. The molecule has 2 aliphatic rings. The Morgan fingerprint density at radius 2 is 2.30 bits per heavy atom. The number of carbonyl (C=O) groups excluding carboxylic acids is 1.